The summed E-state index contributed by atoms with van der Waals surface area (Å²) in [5.74, 6) is 0.0933. The quantitative estimate of drug-likeness (QED) is 0.652. The third-order valence-corrected chi connectivity index (χ3v) is 3.48. The molecule has 5 heteroatoms. The normalized spacial score (nSPS) is 17.2. The molecule has 0 aromatic carbocycles. The SMILES string of the molecule is CCOCCCNC(=O)C(NC(C)=O)C1CCCC1. The molecule has 0 aliphatic heterocycles. The van der Waals surface area contributed by atoms with Crippen LogP contribution in [0.5, 0.6) is 0 Å². The summed E-state index contributed by atoms with van der Waals surface area (Å²) in [7, 11) is 0. The maximum atomic E-state index is 12.1. The van der Waals surface area contributed by atoms with Gasteiger partial charge in [0.1, 0.15) is 6.04 Å². The fourth-order valence-electron chi connectivity index (χ4n) is 2.55. The third kappa shape index (κ3) is 6.05. The summed E-state index contributed by atoms with van der Waals surface area (Å²) in [6.45, 7) is 5.37. The lowest BCUT2D eigenvalue weighted by molar-refractivity contribution is -0.129. The van der Waals surface area contributed by atoms with E-state index in [9.17, 15) is 9.59 Å². The van der Waals surface area contributed by atoms with E-state index < -0.39 is 0 Å². The zero-order valence-corrected chi connectivity index (χ0v) is 12.0. The minimum Gasteiger partial charge on any atom is -0.382 e. The van der Waals surface area contributed by atoms with Crippen LogP contribution in [-0.4, -0.2) is 37.6 Å². The van der Waals surface area contributed by atoms with Crippen LogP contribution in [0.1, 0.15) is 46.0 Å². The van der Waals surface area contributed by atoms with Gasteiger partial charge in [0.25, 0.3) is 0 Å². The first kappa shape index (κ1) is 16.0. The standard InChI is InChI=1S/C14H26N2O3/c1-3-19-10-6-9-15-14(18)13(16-11(2)17)12-7-4-5-8-12/h12-13H,3-10H2,1-2H3,(H,15,18)(H,16,17). The molecule has 0 aromatic heterocycles. The number of rotatable bonds is 8. The largest absolute Gasteiger partial charge is 0.382 e. The summed E-state index contributed by atoms with van der Waals surface area (Å²) in [5, 5.41) is 5.68. The first-order valence-electron chi connectivity index (χ1n) is 7.27. The fourth-order valence-corrected chi connectivity index (χ4v) is 2.55. The van der Waals surface area contributed by atoms with Crippen molar-refractivity contribution in [3.8, 4) is 0 Å². The van der Waals surface area contributed by atoms with Crippen molar-refractivity contribution in [3.05, 3.63) is 0 Å². The van der Waals surface area contributed by atoms with Crippen LogP contribution in [0.3, 0.4) is 0 Å². The van der Waals surface area contributed by atoms with Crippen LogP contribution in [0, 0.1) is 5.92 Å². The van der Waals surface area contributed by atoms with E-state index in [1.165, 1.54) is 6.92 Å². The Morgan fingerprint density at radius 1 is 1.32 bits per heavy atom. The number of nitrogens with one attached hydrogen (secondary N) is 2. The number of hydrogen-bond donors (Lipinski definition) is 2. The predicted octanol–water partition coefficient (Wildman–Crippen LogP) is 1.22. The molecule has 1 rings (SSSR count). The summed E-state index contributed by atoms with van der Waals surface area (Å²) in [5.41, 5.74) is 0. The molecule has 2 amide bonds. The Labute approximate surface area is 115 Å². The minimum atomic E-state index is -0.368. The van der Waals surface area contributed by atoms with E-state index in [0.29, 0.717) is 19.8 Å². The second-order valence-corrected chi connectivity index (χ2v) is 5.06. The van der Waals surface area contributed by atoms with Gasteiger partial charge in [0.15, 0.2) is 0 Å². The van der Waals surface area contributed by atoms with Crippen molar-refractivity contribution in [1.82, 2.24) is 10.6 Å². The number of hydrogen-bond acceptors (Lipinski definition) is 3. The first-order chi connectivity index (χ1) is 9.15. The average Bonchev–Trinajstić information content (AvgIpc) is 2.89. The van der Waals surface area contributed by atoms with E-state index in [0.717, 1.165) is 32.1 Å². The molecule has 1 aliphatic rings. The molecule has 0 heterocycles. The number of carbonyl (C=O) groups is 2. The Kier molecular flexibility index (Phi) is 7.48. The Bertz CT molecular complexity index is 288. The van der Waals surface area contributed by atoms with Crippen molar-refractivity contribution in [1.29, 1.82) is 0 Å². The maximum absolute atomic E-state index is 12.1. The van der Waals surface area contributed by atoms with Crippen LogP contribution in [0.2, 0.25) is 0 Å². The molecule has 0 spiro atoms. The molecule has 0 bridgehead atoms. The fraction of sp³-hybridized carbons (Fsp3) is 0.857. The van der Waals surface area contributed by atoms with Gasteiger partial charge in [-0.15, -0.1) is 0 Å². The van der Waals surface area contributed by atoms with E-state index in [2.05, 4.69) is 10.6 Å². The monoisotopic (exact) mass is 270 g/mol. The van der Waals surface area contributed by atoms with Crippen molar-refractivity contribution in [3.63, 3.8) is 0 Å². The molecule has 110 valence electrons. The van der Waals surface area contributed by atoms with Crippen molar-refractivity contribution < 1.29 is 14.3 Å². The van der Waals surface area contributed by atoms with E-state index in [1.807, 2.05) is 6.92 Å². The van der Waals surface area contributed by atoms with Gasteiger partial charge in [-0.25, -0.2) is 0 Å². The van der Waals surface area contributed by atoms with Gasteiger partial charge in [0.2, 0.25) is 11.8 Å². The van der Waals surface area contributed by atoms with Crippen LogP contribution in [-0.2, 0) is 14.3 Å². The van der Waals surface area contributed by atoms with Crippen LogP contribution < -0.4 is 10.6 Å². The second-order valence-electron chi connectivity index (χ2n) is 5.06. The Morgan fingerprint density at radius 3 is 2.58 bits per heavy atom. The number of carbonyl (C=O) groups excluding carboxylic acids is 2. The molecule has 1 aliphatic carbocycles. The van der Waals surface area contributed by atoms with E-state index >= 15 is 0 Å². The molecular formula is C14H26N2O3. The third-order valence-electron chi connectivity index (χ3n) is 3.48. The lowest BCUT2D eigenvalue weighted by Crippen LogP contribution is -2.50. The topological polar surface area (TPSA) is 67.4 Å². The highest BCUT2D eigenvalue weighted by atomic mass is 16.5. The summed E-state index contributed by atoms with van der Waals surface area (Å²) in [6.07, 6.45) is 5.16. The van der Waals surface area contributed by atoms with E-state index in [-0.39, 0.29) is 23.8 Å². The first-order valence-corrected chi connectivity index (χ1v) is 7.27. The molecule has 1 atom stereocenters. The van der Waals surface area contributed by atoms with Crippen molar-refractivity contribution >= 4 is 11.8 Å². The summed E-state index contributed by atoms with van der Waals surface area (Å²) in [4.78, 5) is 23.4. The molecule has 5 nitrogen and oxygen atoms in total. The molecule has 0 saturated heterocycles. The maximum Gasteiger partial charge on any atom is 0.242 e. The van der Waals surface area contributed by atoms with Crippen LogP contribution in [0.15, 0.2) is 0 Å². The zero-order chi connectivity index (χ0) is 14.1. The van der Waals surface area contributed by atoms with Crippen LogP contribution >= 0.6 is 0 Å². The highest BCUT2D eigenvalue weighted by Gasteiger charge is 2.30. The highest BCUT2D eigenvalue weighted by Crippen LogP contribution is 2.27. The molecule has 0 radical (unpaired) electrons. The van der Waals surface area contributed by atoms with Gasteiger partial charge < -0.3 is 15.4 Å². The van der Waals surface area contributed by atoms with Crippen LogP contribution in [0.4, 0.5) is 0 Å². The van der Waals surface area contributed by atoms with Crippen LogP contribution in [0.25, 0.3) is 0 Å². The summed E-state index contributed by atoms with van der Waals surface area (Å²) in [6, 6.07) is -0.368. The Morgan fingerprint density at radius 2 is 2.00 bits per heavy atom. The van der Waals surface area contributed by atoms with Gasteiger partial charge >= 0.3 is 0 Å². The average molecular weight is 270 g/mol. The van der Waals surface area contributed by atoms with E-state index in [4.69, 9.17) is 4.74 Å². The van der Waals surface area contributed by atoms with Gasteiger partial charge in [-0.3, -0.25) is 9.59 Å². The van der Waals surface area contributed by atoms with Gasteiger partial charge in [0, 0.05) is 26.7 Å². The number of ether oxygens (including phenoxy) is 1. The molecule has 1 saturated carbocycles. The predicted molar refractivity (Wildman–Crippen MR) is 73.7 cm³/mol. The number of amides is 2. The van der Waals surface area contributed by atoms with Gasteiger partial charge in [-0.2, -0.15) is 0 Å². The molecular weight excluding hydrogens is 244 g/mol. The summed E-state index contributed by atoms with van der Waals surface area (Å²) < 4.78 is 5.22. The zero-order valence-electron chi connectivity index (χ0n) is 12.0. The lowest BCUT2D eigenvalue weighted by Gasteiger charge is -2.23. The van der Waals surface area contributed by atoms with Crippen molar-refractivity contribution in [2.45, 2.75) is 52.0 Å². The van der Waals surface area contributed by atoms with Gasteiger partial charge in [-0.1, -0.05) is 12.8 Å². The highest BCUT2D eigenvalue weighted by molar-refractivity contribution is 5.87. The smallest absolute Gasteiger partial charge is 0.242 e. The summed E-state index contributed by atoms with van der Waals surface area (Å²) >= 11 is 0. The lowest BCUT2D eigenvalue weighted by atomic mass is 9.97. The minimum absolute atomic E-state index is 0.0569. The molecule has 1 fully saturated rings. The molecule has 0 aromatic rings. The molecule has 1 unspecified atom stereocenters. The van der Waals surface area contributed by atoms with Gasteiger partial charge in [0.05, 0.1) is 0 Å². The van der Waals surface area contributed by atoms with Gasteiger partial charge in [-0.05, 0) is 32.1 Å². The molecule has 19 heavy (non-hydrogen) atoms. The van der Waals surface area contributed by atoms with Crippen molar-refractivity contribution in [2.24, 2.45) is 5.92 Å². The second kappa shape index (κ2) is 8.91. The Balaban J connectivity index is 2.35. The Hall–Kier alpha value is -1.10. The molecule has 2 N–H and O–H groups in total. The van der Waals surface area contributed by atoms with E-state index in [1.54, 1.807) is 0 Å². The van der Waals surface area contributed by atoms with Crippen molar-refractivity contribution in [2.75, 3.05) is 19.8 Å².